The zero-order chi connectivity index (χ0) is 9.97. The van der Waals surface area contributed by atoms with Gasteiger partial charge in [0.05, 0.1) is 5.71 Å². The van der Waals surface area contributed by atoms with E-state index in [4.69, 9.17) is 4.94 Å². The molecule has 0 fully saturated rings. The molecule has 0 N–H and O–H groups in total. The van der Waals surface area contributed by atoms with Crippen LogP contribution in [0.15, 0.2) is 23.5 Å². The molecule has 0 bridgehead atoms. The molecule has 0 unspecified atom stereocenters. The van der Waals surface area contributed by atoms with E-state index in [1.54, 1.807) is 18.3 Å². The van der Waals surface area contributed by atoms with Gasteiger partial charge in [-0.25, -0.2) is 9.92 Å². The Morgan fingerprint density at radius 2 is 2.36 bits per heavy atom. The van der Waals surface area contributed by atoms with Crippen molar-refractivity contribution in [1.29, 1.82) is 0 Å². The molecule has 2 heterocycles. The topological polar surface area (TPSA) is 65.2 Å². The lowest BCUT2D eigenvalue weighted by Gasteiger charge is -1.95. The summed E-state index contributed by atoms with van der Waals surface area (Å²) in [5, 5.41) is 11.3. The molecule has 0 radical (unpaired) electrons. The van der Waals surface area contributed by atoms with Crippen LogP contribution in [0.5, 0.6) is 0 Å². The second-order valence-corrected chi connectivity index (χ2v) is 2.93. The van der Waals surface area contributed by atoms with Gasteiger partial charge in [0.15, 0.2) is 0 Å². The molecular weight excluding hydrogens is 182 g/mol. The van der Waals surface area contributed by atoms with E-state index >= 15 is 0 Å². The standard InChI is InChI=1S/C8H9N5O/c1-6(2)11-14-13-8-7(10-12-13)4-3-5-9-8/h3-5H,1-2H3. The van der Waals surface area contributed by atoms with Crippen LogP contribution < -0.4 is 4.94 Å². The Labute approximate surface area is 80.1 Å². The van der Waals surface area contributed by atoms with Crippen LogP contribution in [0.4, 0.5) is 0 Å². The first-order valence-electron chi connectivity index (χ1n) is 4.12. The van der Waals surface area contributed by atoms with E-state index in [1.807, 2.05) is 13.8 Å². The minimum Gasteiger partial charge on any atom is -0.242 e. The van der Waals surface area contributed by atoms with Gasteiger partial charge >= 0.3 is 0 Å². The summed E-state index contributed by atoms with van der Waals surface area (Å²) in [4.78, 5) is 10.2. The van der Waals surface area contributed by atoms with Crippen molar-refractivity contribution in [2.24, 2.45) is 5.16 Å². The molecule has 2 aromatic heterocycles. The molecule has 0 spiro atoms. The molecular formula is C8H9N5O. The zero-order valence-electron chi connectivity index (χ0n) is 7.88. The quantitative estimate of drug-likeness (QED) is 0.516. The second-order valence-electron chi connectivity index (χ2n) is 2.93. The van der Waals surface area contributed by atoms with Crippen molar-refractivity contribution in [2.75, 3.05) is 0 Å². The maximum absolute atomic E-state index is 4.99. The lowest BCUT2D eigenvalue weighted by Crippen LogP contribution is -2.09. The summed E-state index contributed by atoms with van der Waals surface area (Å²) in [6.07, 6.45) is 1.65. The average molecular weight is 191 g/mol. The molecule has 6 heteroatoms. The van der Waals surface area contributed by atoms with Crippen molar-refractivity contribution >= 4 is 16.9 Å². The number of fused-ring (bicyclic) bond motifs is 1. The number of hydrogen-bond donors (Lipinski definition) is 0. The summed E-state index contributed by atoms with van der Waals surface area (Å²) in [5.41, 5.74) is 2.03. The van der Waals surface area contributed by atoms with E-state index in [9.17, 15) is 0 Å². The first-order chi connectivity index (χ1) is 6.77. The summed E-state index contributed by atoms with van der Waals surface area (Å²) in [5.74, 6) is 0. The highest BCUT2D eigenvalue weighted by Crippen LogP contribution is 2.04. The van der Waals surface area contributed by atoms with Crippen LogP contribution in [0.1, 0.15) is 13.8 Å². The van der Waals surface area contributed by atoms with E-state index in [1.165, 1.54) is 4.85 Å². The van der Waals surface area contributed by atoms with Crippen molar-refractivity contribution in [3.8, 4) is 0 Å². The van der Waals surface area contributed by atoms with E-state index in [2.05, 4.69) is 20.5 Å². The maximum atomic E-state index is 4.99. The Bertz CT molecular complexity index is 471. The first kappa shape index (κ1) is 8.61. The maximum Gasteiger partial charge on any atom is 0.222 e. The van der Waals surface area contributed by atoms with Gasteiger partial charge < -0.3 is 0 Å². The first-order valence-corrected chi connectivity index (χ1v) is 4.12. The lowest BCUT2D eigenvalue weighted by molar-refractivity contribution is 0.0928. The Morgan fingerprint density at radius 3 is 3.14 bits per heavy atom. The molecule has 0 aromatic carbocycles. The fraction of sp³-hybridized carbons (Fsp3) is 0.250. The van der Waals surface area contributed by atoms with Crippen LogP contribution in [0, 0.1) is 0 Å². The van der Waals surface area contributed by atoms with Gasteiger partial charge in [-0.15, -0.1) is 5.10 Å². The Kier molecular flexibility index (Phi) is 2.10. The highest BCUT2D eigenvalue weighted by Gasteiger charge is 2.04. The Morgan fingerprint density at radius 1 is 1.50 bits per heavy atom. The van der Waals surface area contributed by atoms with E-state index < -0.39 is 0 Å². The van der Waals surface area contributed by atoms with Crippen LogP contribution in [0.2, 0.25) is 0 Å². The van der Waals surface area contributed by atoms with E-state index in [0.717, 1.165) is 5.71 Å². The molecule has 0 aliphatic heterocycles. The van der Waals surface area contributed by atoms with Crippen LogP contribution >= 0.6 is 0 Å². The van der Waals surface area contributed by atoms with Gasteiger partial charge in [-0.3, -0.25) is 0 Å². The van der Waals surface area contributed by atoms with Gasteiger partial charge in [-0.2, -0.15) is 0 Å². The predicted molar refractivity (Wildman–Crippen MR) is 50.7 cm³/mol. The van der Waals surface area contributed by atoms with Gasteiger partial charge in [0.1, 0.15) is 5.52 Å². The molecule has 0 aliphatic carbocycles. The molecule has 0 saturated heterocycles. The SMILES string of the molecule is CC(C)=NOn1nnc2cccnc21. The van der Waals surface area contributed by atoms with Crippen molar-refractivity contribution in [3.05, 3.63) is 18.3 Å². The summed E-state index contributed by atoms with van der Waals surface area (Å²) in [6, 6.07) is 3.59. The predicted octanol–water partition coefficient (Wildman–Crippen LogP) is 0.651. The number of aromatic nitrogens is 4. The lowest BCUT2D eigenvalue weighted by atomic mass is 10.4. The smallest absolute Gasteiger partial charge is 0.222 e. The molecule has 2 rings (SSSR count). The van der Waals surface area contributed by atoms with Crippen LogP contribution in [0.25, 0.3) is 11.2 Å². The molecule has 0 saturated carbocycles. The van der Waals surface area contributed by atoms with Crippen molar-refractivity contribution in [3.63, 3.8) is 0 Å². The number of hydrogen-bond acceptors (Lipinski definition) is 5. The van der Waals surface area contributed by atoms with Crippen molar-refractivity contribution in [2.45, 2.75) is 13.8 Å². The van der Waals surface area contributed by atoms with Gasteiger partial charge in [0.25, 0.3) is 0 Å². The molecule has 72 valence electrons. The van der Waals surface area contributed by atoms with Gasteiger partial charge in [-0.1, -0.05) is 5.16 Å². The molecule has 14 heavy (non-hydrogen) atoms. The summed E-state index contributed by atoms with van der Waals surface area (Å²) in [6.45, 7) is 3.65. The largest absolute Gasteiger partial charge is 0.242 e. The zero-order valence-corrected chi connectivity index (χ0v) is 7.88. The minimum atomic E-state index is 0.553. The van der Waals surface area contributed by atoms with Crippen molar-refractivity contribution in [1.82, 2.24) is 20.1 Å². The van der Waals surface area contributed by atoms with Crippen LogP contribution in [0.3, 0.4) is 0 Å². The molecule has 0 aliphatic rings. The molecule has 6 nitrogen and oxygen atoms in total. The van der Waals surface area contributed by atoms with Gasteiger partial charge in [0.2, 0.25) is 5.65 Å². The number of pyridine rings is 1. The number of nitrogens with zero attached hydrogens (tertiary/aromatic N) is 5. The Hall–Kier alpha value is -1.98. The summed E-state index contributed by atoms with van der Waals surface area (Å²) >= 11 is 0. The van der Waals surface area contributed by atoms with Crippen molar-refractivity contribution < 1.29 is 4.94 Å². The minimum absolute atomic E-state index is 0.553. The monoisotopic (exact) mass is 191 g/mol. The average Bonchev–Trinajstić information content (AvgIpc) is 2.58. The molecule has 0 atom stereocenters. The van der Waals surface area contributed by atoms with E-state index in [0.29, 0.717) is 11.2 Å². The van der Waals surface area contributed by atoms with Crippen LogP contribution in [-0.2, 0) is 0 Å². The number of rotatable bonds is 2. The fourth-order valence-electron chi connectivity index (χ4n) is 0.920. The third kappa shape index (κ3) is 1.54. The number of oxime groups is 1. The van der Waals surface area contributed by atoms with E-state index in [-0.39, 0.29) is 0 Å². The summed E-state index contributed by atoms with van der Waals surface area (Å²) < 4.78 is 0. The third-order valence-electron chi connectivity index (χ3n) is 1.48. The highest BCUT2D eigenvalue weighted by atomic mass is 16.8. The summed E-state index contributed by atoms with van der Waals surface area (Å²) in [7, 11) is 0. The normalized spacial score (nSPS) is 10.1. The highest BCUT2D eigenvalue weighted by molar-refractivity contribution is 5.78. The Balaban J connectivity index is 2.38. The fourth-order valence-corrected chi connectivity index (χ4v) is 0.920. The molecule has 2 aromatic rings. The van der Waals surface area contributed by atoms with Crippen LogP contribution in [-0.4, -0.2) is 25.9 Å². The van der Waals surface area contributed by atoms with Gasteiger partial charge in [-0.05, 0) is 36.0 Å². The third-order valence-corrected chi connectivity index (χ3v) is 1.48. The van der Waals surface area contributed by atoms with Gasteiger partial charge in [0, 0.05) is 6.20 Å². The molecule has 0 amide bonds. The second kappa shape index (κ2) is 3.41.